The number of aromatic nitrogens is 1. The van der Waals surface area contributed by atoms with Gasteiger partial charge >= 0.3 is 0 Å². The van der Waals surface area contributed by atoms with E-state index in [0.717, 1.165) is 23.0 Å². The van der Waals surface area contributed by atoms with E-state index in [1.165, 1.54) is 5.56 Å². The van der Waals surface area contributed by atoms with Crippen molar-refractivity contribution in [3.05, 3.63) is 23.4 Å². The van der Waals surface area contributed by atoms with Crippen LogP contribution in [0.1, 0.15) is 25.1 Å². The van der Waals surface area contributed by atoms with Crippen molar-refractivity contribution in [1.82, 2.24) is 10.3 Å². The van der Waals surface area contributed by atoms with Crippen LogP contribution in [0.15, 0.2) is 17.2 Å². The van der Waals surface area contributed by atoms with Crippen LogP contribution in [0, 0.1) is 13.8 Å². The first-order chi connectivity index (χ1) is 7.99. The van der Waals surface area contributed by atoms with Crippen LogP contribution in [0.4, 0.5) is 0 Å². The van der Waals surface area contributed by atoms with Crippen LogP contribution >= 0.6 is 11.8 Å². The van der Waals surface area contributed by atoms with Crippen molar-refractivity contribution in [2.45, 2.75) is 38.3 Å². The summed E-state index contributed by atoms with van der Waals surface area (Å²) in [6.07, 6.45) is 0. The number of thioether (sulfide) groups is 1. The zero-order chi connectivity index (χ0) is 12.9. The van der Waals surface area contributed by atoms with Gasteiger partial charge in [-0.2, -0.15) is 0 Å². The second-order valence-electron chi connectivity index (χ2n) is 4.66. The van der Waals surface area contributed by atoms with E-state index in [1.54, 1.807) is 11.8 Å². The summed E-state index contributed by atoms with van der Waals surface area (Å²) in [4.78, 5) is 4.49. The molecule has 0 aromatic carbocycles. The Morgan fingerprint density at radius 2 is 2.12 bits per heavy atom. The van der Waals surface area contributed by atoms with Gasteiger partial charge in [-0.3, -0.25) is 0 Å². The Morgan fingerprint density at radius 3 is 2.65 bits per heavy atom. The van der Waals surface area contributed by atoms with Crippen LogP contribution in [0.2, 0.25) is 0 Å². The minimum Gasteiger partial charge on any atom is -0.394 e. The zero-order valence-corrected chi connectivity index (χ0v) is 11.9. The molecule has 0 aliphatic carbocycles. The van der Waals surface area contributed by atoms with Crippen molar-refractivity contribution in [2.24, 2.45) is 0 Å². The lowest BCUT2D eigenvalue weighted by Crippen LogP contribution is -2.47. The van der Waals surface area contributed by atoms with E-state index >= 15 is 0 Å². The molecule has 0 bridgehead atoms. The lowest BCUT2D eigenvalue weighted by Gasteiger charge is -2.27. The van der Waals surface area contributed by atoms with E-state index in [-0.39, 0.29) is 12.1 Å². The van der Waals surface area contributed by atoms with Crippen molar-refractivity contribution in [1.29, 1.82) is 0 Å². The van der Waals surface area contributed by atoms with Crippen molar-refractivity contribution in [3.8, 4) is 0 Å². The fourth-order valence-corrected chi connectivity index (χ4v) is 2.83. The van der Waals surface area contributed by atoms with Gasteiger partial charge in [0.05, 0.1) is 11.6 Å². The normalized spacial score (nSPS) is 14.6. The van der Waals surface area contributed by atoms with Crippen LogP contribution in [0.3, 0.4) is 0 Å². The van der Waals surface area contributed by atoms with E-state index in [4.69, 9.17) is 0 Å². The molecule has 1 aromatic rings. The number of nitrogens with one attached hydrogen (secondary N) is 1. The fourth-order valence-electron chi connectivity index (χ4n) is 1.69. The van der Waals surface area contributed by atoms with Gasteiger partial charge in [0, 0.05) is 17.0 Å². The summed E-state index contributed by atoms with van der Waals surface area (Å²) < 4.78 is 0. The quantitative estimate of drug-likeness (QED) is 0.764. The van der Waals surface area contributed by atoms with Gasteiger partial charge in [0.25, 0.3) is 0 Å². The van der Waals surface area contributed by atoms with E-state index in [1.807, 2.05) is 20.8 Å². The number of hydrogen-bond acceptors (Lipinski definition) is 4. The molecule has 1 atom stereocenters. The topological polar surface area (TPSA) is 45.1 Å². The Balaban J connectivity index is 2.65. The fraction of sp³-hybridized carbons (Fsp3) is 0.615. The lowest BCUT2D eigenvalue weighted by molar-refractivity contribution is 0.194. The molecule has 1 rings (SSSR count). The highest BCUT2D eigenvalue weighted by Gasteiger charge is 2.22. The zero-order valence-electron chi connectivity index (χ0n) is 11.1. The van der Waals surface area contributed by atoms with Crippen molar-refractivity contribution in [3.63, 3.8) is 0 Å². The number of hydrogen-bond donors (Lipinski definition) is 2. The Bertz CT molecular complexity index is 350. The molecule has 2 N–H and O–H groups in total. The minimum absolute atomic E-state index is 0.138. The summed E-state index contributed by atoms with van der Waals surface area (Å²) in [7, 11) is 0. The molecule has 17 heavy (non-hydrogen) atoms. The molecule has 3 nitrogen and oxygen atoms in total. The molecule has 96 valence electrons. The highest BCUT2D eigenvalue weighted by molar-refractivity contribution is 7.99. The number of aliphatic hydroxyl groups excluding tert-OH is 1. The average Bonchev–Trinajstić information content (AvgIpc) is 2.26. The van der Waals surface area contributed by atoms with Crippen LogP contribution in [-0.4, -0.2) is 34.5 Å². The predicted molar refractivity (Wildman–Crippen MR) is 73.6 cm³/mol. The first-order valence-corrected chi connectivity index (χ1v) is 6.91. The molecular weight excluding hydrogens is 232 g/mol. The van der Waals surface area contributed by atoms with E-state index in [0.29, 0.717) is 0 Å². The molecule has 0 spiro atoms. The molecule has 1 unspecified atom stereocenters. The number of pyridine rings is 1. The van der Waals surface area contributed by atoms with E-state index < -0.39 is 0 Å². The predicted octanol–water partition coefficient (Wildman–Crippen LogP) is 2.15. The van der Waals surface area contributed by atoms with Crippen molar-refractivity contribution < 1.29 is 5.11 Å². The number of nitrogens with zero attached hydrogens (tertiary/aromatic N) is 1. The van der Waals surface area contributed by atoms with Gasteiger partial charge in [-0.1, -0.05) is 6.92 Å². The van der Waals surface area contributed by atoms with Crippen LogP contribution in [-0.2, 0) is 0 Å². The molecule has 0 radical (unpaired) electrons. The smallest absolute Gasteiger partial charge is 0.0966 e. The third-order valence-corrected chi connectivity index (χ3v) is 3.85. The maximum Gasteiger partial charge on any atom is 0.0966 e. The van der Waals surface area contributed by atoms with Gasteiger partial charge in [0.1, 0.15) is 0 Å². The third-order valence-electron chi connectivity index (χ3n) is 2.57. The van der Waals surface area contributed by atoms with Gasteiger partial charge in [-0.05, 0) is 45.0 Å². The summed E-state index contributed by atoms with van der Waals surface area (Å²) in [5.74, 6) is 0.813. The Labute approximate surface area is 108 Å². The molecule has 0 amide bonds. The highest BCUT2D eigenvalue weighted by atomic mass is 32.2. The number of aryl methyl sites for hydroxylation is 2. The second-order valence-corrected chi connectivity index (χ2v) is 5.66. The van der Waals surface area contributed by atoms with Gasteiger partial charge in [-0.25, -0.2) is 4.98 Å². The maximum atomic E-state index is 9.41. The second kappa shape index (κ2) is 6.38. The Morgan fingerprint density at radius 1 is 1.41 bits per heavy atom. The standard InChI is InChI=1S/C13H22N2OS/c1-5-14-13(4,8-16)9-17-12-7-10(2)6-11(3)15-12/h6-7,14,16H,5,8-9H2,1-4H3. The lowest BCUT2D eigenvalue weighted by atomic mass is 10.1. The van der Waals surface area contributed by atoms with E-state index in [2.05, 4.69) is 29.4 Å². The summed E-state index contributed by atoms with van der Waals surface area (Å²) in [6.45, 7) is 9.16. The third kappa shape index (κ3) is 4.66. The van der Waals surface area contributed by atoms with Crippen molar-refractivity contribution in [2.75, 3.05) is 18.9 Å². The summed E-state index contributed by atoms with van der Waals surface area (Å²) in [5.41, 5.74) is 2.04. The molecule has 0 aliphatic heterocycles. The Hall–Kier alpha value is -0.580. The molecular formula is C13H22N2OS. The minimum atomic E-state index is -0.237. The van der Waals surface area contributed by atoms with E-state index in [9.17, 15) is 5.11 Å². The molecule has 0 saturated carbocycles. The monoisotopic (exact) mass is 254 g/mol. The molecule has 0 fully saturated rings. The van der Waals surface area contributed by atoms with Gasteiger partial charge in [0.15, 0.2) is 0 Å². The van der Waals surface area contributed by atoms with Gasteiger partial charge < -0.3 is 10.4 Å². The first-order valence-electron chi connectivity index (χ1n) is 5.93. The molecule has 0 aliphatic rings. The van der Waals surface area contributed by atoms with Crippen molar-refractivity contribution >= 4 is 11.8 Å². The highest BCUT2D eigenvalue weighted by Crippen LogP contribution is 2.22. The molecule has 1 heterocycles. The van der Waals surface area contributed by atoms with Crippen LogP contribution < -0.4 is 5.32 Å². The van der Waals surface area contributed by atoms with Gasteiger partial charge in [-0.15, -0.1) is 11.8 Å². The summed E-state index contributed by atoms with van der Waals surface area (Å²) >= 11 is 1.69. The number of likely N-dealkylation sites (N-methyl/N-ethyl adjacent to an activating group) is 1. The average molecular weight is 254 g/mol. The molecule has 0 saturated heterocycles. The SMILES string of the molecule is CCNC(C)(CO)CSc1cc(C)cc(C)n1. The largest absolute Gasteiger partial charge is 0.394 e. The Kier molecular flexibility index (Phi) is 5.43. The number of rotatable bonds is 6. The summed E-state index contributed by atoms with van der Waals surface area (Å²) in [5, 5.41) is 13.7. The molecule has 1 aromatic heterocycles. The summed E-state index contributed by atoms with van der Waals surface area (Å²) in [6, 6.07) is 4.15. The van der Waals surface area contributed by atoms with Crippen LogP contribution in [0.25, 0.3) is 0 Å². The number of aliphatic hydroxyl groups is 1. The maximum absolute atomic E-state index is 9.41. The first kappa shape index (κ1) is 14.5. The molecule has 4 heteroatoms. The van der Waals surface area contributed by atoms with Crippen LogP contribution in [0.5, 0.6) is 0 Å². The van der Waals surface area contributed by atoms with Gasteiger partial charge in [0.2, 0.25) is 0 Å².